The van der Waals surface area contributed by atoms with Crippen LogP contribution < -0.4 is 5.32 Å². The van der Waals surface area contributed by atoms with Crippen LogP contribution in [0.3, 0.4) is 0 Å². The van der Waals surface area contributed by atoms with Gasteiger partial charge in [-0.2, -0.15) is 5.10 Å². The first-order chi connectivity index (χ1) is 9.95. The standard InChI is InChI=1S/C18H33N3/c1-7-10-19-14(4)18-15(5)20-21(16(18)6)17-9-8-12(2)13(3)11-17/h12-14,17,19H,7-11H2,1-6H3. The predicted octanol–water partition coefficient (Wildman–Crippen LogP) is 4.56. The zero-order chi connectivity index (χ0) is 15.6. The zero-order valence-electron chi connectivity index (χ0n) is 14.7. The summed E-state index contributed by atoms with van der Waals surface area (Å²) in [5, 5.41) is 8.51. The van der Waals surface area contributed by atoms with Gasteiger partial charge in [0.1, 0.15) is 0 Å². The Morgan fingerprint density at radius 1 is 1.24 bits per heavy atom. The highest BCUT2D eigenvalue weighted by molar-refractivity contribution is 5.28. The zero-order valence-corrected chi connectivity index (χ0v) is 14.7. The van der Waals surface area contributed by atoms with Crippen LogP contribution in [0.1, 0.15) is 82.4 Å². The first-order valence-corrected chi connectivity index (χ1v) is 8.74. The van der Waals surface area contributed by atoms with E-state index in [1.165, 1.54) is 42.6 Å². The molecule has 1 aromatic heterocycles. The van der Waals surface area contributed by atoms with Crippen LogP contribution in [0.5, 0.6) is 0 Å². The van der Waals surface area contributed by atoms with Gasteiger partial charge < -0.3 is 5.32 Å². The molecule has 3 nitrogen and oxygen atoms in total. The number of nitrogens with zero attached hydrogens (tertiary/aromatic N) is 2. The van der Waals surface area contributed by atoms with E-state index in [1.54, 1.807) is 0 Å². The van der Waals surface area contributed by atoms with Crippen LogP contribution in [0.25, 0.3) is 0 Å². The summed E-state index contributed by atoms with van der Waals surface area (Å²) < 4.78 is 2.33. The van der Waals surface area contributed by atoms with Crippen molar-refractivity contribution in [3.8, 4) is 0 Å². The van der Waals surface area contributed by atoms with Gasteiger partial charge >= 0.3 is 0 Å². The Morgan fingerprint density at radius 2 is 1.95 bits per heavy atom. The molecule has 4 atom stereocenters. The van der Waals surface area contributed by atoms with Crippen molar-refractivity contribution in [3.05, 3.63) is 17.0 Å². The average molecular weight is 291 g/mol. The van der Waals surface area contributed by atoms with E-state index in [0.29, 0.717) is 12.1 Å². The molecule has 1 heterocycles. The molecule has 1 N–H and O–H groups in total. The van der Waals surface area contributed by atoms with Crippen molar-refractivity contribution in [2.45, 2.75) is 79.3 Å². The van der Waals surface area contributed by atoms with Crippen LogP contribution in [0.2, 0.25) is 0 Å². The Hall–Kier alpha value is -0.830. The van der Waals surface area contributed by atoms with Gasteiger partial charge in [-0.25, -0.2) is 0 Å². The van der Waals surface area contributed by atoms with E-state index >= 15 is 0 Å². The summed E-state index contributed by atoms with van der Waals surface area (Å²) in [5.41, 5.74) is 3.99. The minimum absolute atomic E-state index is 0.402. The summed E-state index contributed by atoms with van der Waals surface area (Å²) in [6.45, 7) is 14.8. The van der Waals surface area contributed by atoms with Gasteiger partial charge in [-0.05, 0) is 64.8 Å². The Kier molecular flexibility index (Phi) is 5.48. The number of aryl methyl sites for hydroxylation is 1. The molecule has 4 unspecified atom stereocenters. The van der Waals surface area contributed by atoms with Gasteiger partial charge in [0.2, 0.25) is 0 Å². The maximum Gasteiger partial charge on any atom is 0.0644 e. The molecule has 1 saturated carbocycles. The smallest absolute Gasteiger partial charge is 0.0644 e. The fraction of sp³-hybridized carbons (Fsp3) is 0.833. The van der Waals surface area contributed by atoms with Crippen molar-refractivity contribution in [2.75, 3.05) is 6.54 Å². The van der Waals surface area contributed by atoms with Gasteiger partial charge in [0.15, 0.2) is 0 Å². The van der Waals surface area contributed by atoms with Gasteiger partial charge in [-0.15, -0.1) is 0 Å². The van der Waals surface area contributed by atoms with Gasteiger partial charge in [-0.3, -0.25) is 4.68 Å². The van der Waals surface area contributed by atoms with Gasteiger partial charge in [-0.1, -0.05) is 20.8 Å². The van der Waals surface area contributed by atoms with Crippen LogP contribution >= 0.6 is 0 Å². The van der Waals surface area contributed by atoms with Crippen molar-refractivity contribution in [2.24, 2.45) is 11.8 Å². The van der Waals surface area contributed by atoms with E-state index in [2.05, 4.69) is 51.5 Å². The van der Waals surface area contributed by atoms with E-state index < -0.39 is 0 Å². The normalized spacial score (nSPS) is 27.8. The summed E-state index contributed by atoms with van der Waals surface area (Å²) in [7, 11) is 0. The van der Waals surface area contributed by atoms with E-state index in [1.807, 2.05) is 0 Å². The second kappa shape index (κ2) is 6.95. The molecular weight excluding hydrogens is 258 g/mol. The topological polar surface area (TPSA) is 29.9 Å². The summed E-state index contributed by atoms with van der Waals surface area (Å²) in [4.78, 5) is 0. The third-order valence-electron chi connectivity index (χ3n) is 5.43. The Balaban J connectivity index is 2.18. The number of nitrogens with one attached hydrogen (secondary N) is 1. The molecule has 21 heavy (non-hydrogen) atoms. The SMILES string of the molecule is CCCNC(C)c1c(C)nn(C2CCC(C)C(C)C2)c1C. The van der Waals surface area contributed by atoms with Crippen LogP contribution in [0.4, 0.5) is 0 Å². The second-order valence-corrected chi connectivity index (χ2v) is 7.13. The molecule has 1 fully saturated rings. The summed E-state index contributed by atoms with van der Waals surface area (Å²) in [6, 6.07) is 1.00. The van der Waals surface area contributed by atoms with E-state index in [4.69, 9.17) is 5.10 Å². The number of hydrogen-bond acceptors (Lipinski definition) is 2. The highest BCUT2D eigenvalue weighted by atomic mass is 15.3. The Bertz CT molecular complexity index is 463. The van der Waals surface area contributed by atoms with Crippen LogP contribution in [-0.4, -0.2) is 16.3 Å². The lowest BCUT2D eigenvalue weighted by atomic mass is 9.79. The molecule has 0 radical (unpaired) electrons. The molecule has 2 rings (SSSR count). The molecule has 1 aliphatic carbocycles. The van der Waals surface area contributed by atoms with Crippen LogP contribution in [0, 0.1) is 25.7 Å². The fourth-order valence-corrected chi connectivity index (χ4v) is 3.86. The van der Waals surface area contributed by atoms with Crippen molar-refractivity contribution in [1.29, 1.82) is 0 Å². The van der Waals surface area contributed by atoms with Gasteiger partial charge in [0.25, 0.3) is 0 Å². The number of rotatable bonds is 5. The minimum Gasteiger partial charge on any atom is -0.310 e. The quantitative estimate of drug-likeness (QED) is 0.862. The molecule has 3 heteroatoms. The first kappa shape index (κ1) is 16.5. The molecule has 120 valence electrons. The van der Waals surface area contributed by atoms with Crippen molar-refractivity contribution in [3.63, 3.8) is 0 Å². The van der Waals surface area contributed by atoms with E-state index in [0.717, 1.165) is 18.4 Å². The van der Waals surface area contributed by atoms with E-state index in [-0.39, 0.29) is 0 Å². The largest absolute Gasteiger partial charge is 0.310 e. The lowest BCUT2D eigenvalue weighted by molar-refractivity contribution is 0.198. The first-order valence-electron chi connectivity index (χ1n) is 8.74. The average Bonchev–Trinajstić information content (AvgIpc) is 2.74. The number of aromatic nitrogens is 2. The van der Waals surface area contributed by atoms with Gasteiger partial charge in [0.05, 0.1) is 11.7 Å². The molecular formula is C18H33N3. The second-order valence-electron chi connectivity index (χ2n) is 7.13. The maximum atomic E-state index is 4.90. The maximum absolute atomic E-state index is 4.90. The molecule has 0 aromatic carbocycles. The molecule has 0 spiro atoms. The van der Waals surface area contributed by atoms with E-state index in [9.17, 15) is 0 Å². The molecule has 1 aromatic rings. The Labute approximate surface area is 130 Å². The highest BCUT2D eigenvalue weighted by Gasteiger charge is 2.28. The van der Waals surface area contributed by atoms with Crippen LogP contribution in [0.15, 0.2) is 0 Å². The monoisotopic (exact) mass is 291 g/mol. The summed E-state index contributed by atoms with van der Waals surface area (Å²) in [5.74, 6) is 1.68. The third-order valence-corrected chi connectivity index (χ3v) is 5.43. The summed E-state index contributed by atoms with van der Waals surface area (Å²) >= 11 is 0. The molecule has 0 amide bonds. The molecule has 0 saturated heterocycles. The van der Waals surface area contributed by atoms with Gasteiger partial charge in [0, 0.05) is 17.3 Å². The molecule has 0 aliphatic heterocycles. The van der Waals surface area contributed by atoms with Crippen molar-refractivity contribution >= 4 is 0 Å². The highest BCUT2D eigenvalue weighted by Crippen LogP contribution is 2.37. The van der Waals surface area contributed by atoms with Crippen molar-refractivity contribution < 1.29 is 0 Å². The molecule has 1 aliphatic rings. The van der Waals surface area contributed by atoms with Crippen LogP contribution in [-0.2, 0) is 0 Å². The fourth-order valence-electron chi connectivity index (χ4n) is 3.86. The predicted molar refractivity (Wildman–Crippen MR) is 89.6 cm³/mol. The number of hydrogen-bond donors (Lipinski definition) is 1. The lowest BCUT2D eigenvalue weighted by Crippen LogP contribution is -2.25. The third kappa shape index (κ3) is 3.50. The summed E-state index contributed by atoms with van der Waals surface area (Å²) in [6.07, 6.45) is 5.07. The van der Waals surface area contributed by atoms with Crippen molar-refractivity contribution in [1.82, 2.24) is 15.1 Å². The minimum atomic E-state index is 0.402. The molecule has 0 bridgehead atoms. The lowest BCUT2D eigenvalue weighted by Gasteiger charge is -2.33. The Morgan fingerprint density at radius 3 is 2.57 bits per heavy atom.